The molecule has 0 saturated carbocycles. The Labute approximate surface area is 153 Å². The maximum atomic E-state index is 10.6. The number of hydrazone groups is 1. The maximum absolute atomic E-state index is 10.6. The number of aromatic nitrogens is 1. The standard InChI is InChI=1S/C13H13N3O2.K/c1-8-7-12(16-15-9(2)13(17)18)10-5-3-4-6-11(10)14-8;/h3-7H,1-2H3,(H,14,16)(H,17,18);/q;+1/p-1. The quantitative estimate of drug-likeness (QED) is 0.404. The summed E-state index contributed by atoms with van der Waals surface area (Å²) in [6.07, 6.45) is 0. The molecule has 6 heteroatoms. The van der Waals surface area contributed by atoms with Crippen LogP contribution >= 0.6 is 0 Å². The SMILES string of the molecule is CC(=NNc1cc(C)nc2ccccc12)C(=O)[O-].[K+]. The third-order valence-electron chi connectivity index (χ3n) is 2.48. The van der Waals surface area contributed by atoms with Gasteiger partial charge >= 0.3 is 51.4 Å². The fourth-order valence-electron chi connectivity index (χ4n) is 1.59. The molecule has 1 aromatic heterocycles. The van der Waals surface area contributed by atoms with E-state index in [2.05, 4.69) is 15.5 Å². The number of fused-ring (bicyclic) bond motifs is 1. The summed E-state index contributed by atoms with van der Waals surface area (Å²) >= 11 is 0. The van der Waals surface area contributed by atoms with Crippen molar-refractivity contribution in [3.8, 4) is 0 Å². The van der Waals surface area contributed by atoms with Crippen LogP contribution < -0.4 is 61.9 Å². The average Bonchev–Trinajstić information content (AvgIpc) is 2.35. The number of nitrogens with zero attached hydrogens (tertiary/aromatic N) is 2. The van der Waals surface area contributed by atoms with E-state index in [0.717, 1.165) is 22.3 Å². The van der Waals surface area contributed by atoms with Crippen LogP contribution in [0.2, 0.25) is 0 Å². The van der Waals surface area contributed by atoms with Crippen LogP contribution in [0.25, 0.3) is 10.9 Å². The van der Waals surface area contributed by atoms with Crippen LogP contribution in [0.3, 0.4) is 0 Å². The Hall–Kier alpha value is -0.794. The van der Waals surface area contributed by atoms with Gasteiger partial charge in [0.15, 0.2) is 0 Å². The second kappa shape index (κ2) is 7.11. The Kier molecular flexibility index (Phi) is 6.09. The molecule has 0 radical (unpaired) electrons. The van der Waals surface area contributed by atoms with E-state index >= 15 is 0 Å². The molecule has 0 aliphatic carbocycles. The van der Waals surface area contributed by atoms with Crippen molar-refractivity contribution in [2.24, 2.45) is 5.10 Å². The molecule has 0 fully saturated rings. The first-order chi connectivity index (χ1) is 8.58. The Morgan fingerprint density at radius 3 is 2.74 bits per heavy atom. The van der Waals surface area contributed by atoms with Gasteiger partial charge in [0, 0.05) is 11.1 Å². The number of carbonyl (C=O) groups is 1. The van der Waals surface area contributed by atoms with E-state index in [1.807, 2.05) is 37.3 Å². The minimum absolute atomic E-state index is 0. The van der Waals surface area contributed by atoms with Gasteiger partial charge in [0.2, 0.25) is 0 Å². The molecule has 5 nitrogen and oxygen atoms in total. The fraction of sp³-hybridized carbons (Fsp3) is 0.154. The molecule has 2 aromatic rings. The van der Waals surface area contributed by atoms with Gasteiger partial charge < -0.3 is 9.90 Å². The molecule has 0 atom stereocenters. The first kappa shape index (κ1) is 16.3. The van der Waals surface area contributed by atoms with Crippen molar-refractivity contribution in [1.29, 1.82) is 0 Å². The summed E-state index contributed by atoms with van der Waals surface area (Å²) in [7, 11) is 0. The fourth-order valence-corrected chi connectivity index (χ4v) is 1.59. The van der Waals surface area contributed by atoms with Gasteiger partial charge in [0.05, 0.1) is 22.9 Å². The first-order valence-corrected chi connectivity index (χ1v) is 5.46. The van der Waals surface area contributed by atoms with Crippen LogP contribution in [0.5, 0.6) is 0 Å². The molecule has 2 rings (SSSR count). The van der Waals surface area contributed by atoms with Crippen LogP contribution in [0, 0.1) is 6.92 Å². The molecule has 1 heterocycles. The van der Waals surface area contributed by atoms with Crippen molar-refractivity contribution in [2.45, 2.75) is 13.8 Å². The van der Waals surface area contributed by atoms with Gasteiger partial charge in [-0.1, -0.05) is 18.2 Å². The second-order valence-electron chi connectivity index (χ2n) is 3.92. The van der Waals surface area contributed by atoms with Crippen molar-refractivity contribution in [3.05, 3.63) is 36.0 Å². The summed E-state index contributed by atoms with van der Waals surface area (Å²) in [5.74, 6) is -1.29. The zero-order chi connectivity index (χ0) is 13.1. The van der Waals surface area contributed by atoms with E-state index in [-0.39, 0.29) is 57.1 Å². The molecule has 0 spiro atoms. The van der Waals surface area contributed by atoms with E-state index in [9.17, 15) is 9.90 Å². The number of rotatable bonds is 3. The first-order valence-electron chi connectivity index (χ1n) is 5.46. The van der Waals surface area contributed by atoms with Crippen molar-refractivity contribution >= 4 is 28.3 Å². The third-order valence-corrected chi connectivity index (χ3v) is 2.48. The molecule has 0 unspecified atom stereocenters. The number of anilines is 1. The van der Waals surface area contributed by atoms with Crippen molar-refractivity contribution < 1.29 is 61.3 Å². The number of aliphatic carboxylic acids is 1. The van der Waals surface area contributed by atoms with Crippen LogP contribution in [-0.4, -0.2) is 16.7 Å². The minimum atomic E-state index is -1.29. The third kappa shape index (κ3) is 4.09. The Balaban J connectivity index is 0.00000180. The number of carboxylic acids is 1. The molecule has 1 N–H and O–H groups in total. The number of pyridine rings is 1. The number of benzene rings is 1. The minimum Gasteiger partial charge on any atom is -0.543 e. The average molecular weight is 281 g/mol. The summed E-state index contributed by atoms with van der Waals surface area (Å²) < 4.78 is 0. The summed E-state index contributed by atoms with van der Waals surface area (Å²) in [6, 6.07) is 9.39. The van der Waals surface area contributed by atoms with E-state index in [0.29, 0.717) is 0 Å². The Bertz CT molecular complexity index is 641. The van der Waals surface area contributed by atoms with Crippen molar-refractivity contribution in [2.75, 3.05) is 5.43 Å². The topological polar surface area (TPSA) is 77.4 Å². The van der Waals surface area contributed by atoms with E-state index < -0.39 is 5.97 Å². The molecule has 0 bridgehead atoms. The van der Waals surface area contributed by atoms with Gasteiger partial charge in [-0.05, 0) is 26.0 Å². The van der Waals surface area contributed by atoms with Gasteiger partial charge in [-0.15, -0.1) is 0 Å². The largest absolute Gasteiger partial charge is 1.00 e. The zero-order valence-corrected chi connectivity index (χ0v) is 14.2. The number of nitrogens with one attached hydrogen (secondary N) is 1. The summed E-state index contributed by atoms with van der Waals surface area (Å²) in [4.78, 5) is 14.9. The van der Waals surface area contributed by atoms with Gasteiger partial charge in [-0.25, -0.2) is 0 Å². The molecular formula is C13H12KN3O2. The van der Waals surface area contributed by atoms with Gasteiger partial charge in [-0.2, -0.15) is 5.10 Å². The number of para-hydroxylation sites is 1. The molecule has 1 aromatic carbocycles. The monoisotopic (exact) mass is 281 g/mol. The van der Waals surface area contributed by atoms with E-state index in [1.165, 1.54) is 6.92 Å². The van der Waals surface area contributed by atoms with E-state index in [4.69, 9.17) is 0 Å². The Morgan fingerprint density at radius 2 is 2.05 bits per heavy atom. The normalized spacial score (nSPS) is 10.9. The van der Waals surface area contributed by atoms with Crippen LogP contribution in [-0.2, 0) is 4.79 Å². The molecule has 19 heavy (non-hydrogen) atoms. The maximum Gasteiger partial charge on any atom is 1.00 e. The van der Waals surface area contributed by atoms with Gasteiger partial charge in [-0.3, -0.25) is 10.4 Å². The van der Waals surface area contributed by atoms with Gasteiger partial charge in [0.1, 0.15) is 0 Å². The Morgan fingerprint density at radius 1 is 1.37 bits per heavy atom. The van der Waals surface area contributed by atoms with Crippen LogP contribution in [0.15, 0.2) is 35.4 Å². The predicted octanol–water partition coefficient (Wildman–Crippen LogP) is -1.92. The van der Waals surface area contributed by atoms with Crippen molar-refractivity contribution in [1.82, 2.24) is 4.98 Å². The summed E-state index contributed by atoms with van der Waals surface area (Å²) in [5.41, 5.74) is 5.02. The molecule has 0 aliphatic heterocycles. The van der Waals surface area contributed by atoms with Crippen LogP contribution in [0.1, 0.15) is 12.6 Å². The molecular weight excluding hydrogens is 269 g/mol. The predicted molar refractivity (Wildman–Crippen MR) is 68.2 cm³/mol. The van der Waals surface area contributed by atoms with Crippen LogP contribution in [0.4, 0.5) is 5.69 Å². The summed E-state index contributed by atoms with van der Waals surface area (Å²) in [6.45, 7) is 3.24. The van der Waals surface area contributed by atoms with Gasteiger partial charge in [0.25, 0.3) is 0 Å². The number of carboxylic acid groups (broad SMARTS) is 1. The summed E-state index contributed by atoms with van der Waals surface area (Å²) in [5, 5.41) is 15.2. The number of aryl methyl sites for hydroxylation is 1. The molecule has 92 valence electrons. The zero-order valence-electron chi connectivity index (χ0n) is 11.1. The molecule has 0 saturated heterocycles. The smallest absolute Gasteiger partial charge is 0.543 e. The second-order valence-corrected chi connectivity index (χ2v) is 3.92. The molecule has 0 amide bonds. The molecule has 0 aliphatic rings. The van der Waals surface area contributed by atoms with Crippen molar-refractivity contribution in [3.63, 3.8) is 0 Å². The van der Waals surface area contributed by atoms with E-state index in [1.54, 1.807) is 0 Å². The number of hydrogen-bond donors (Lipinski definition) is 1. The number of carbonyl (C=O) groups excluding carboxylic acids is 1. The number of hydrogen-bond acceptors (Lipinski definition) is 5.